The highest BCUT2D eigenvalue weighted by molar-refractivity contribution is 5.99. The van der Waals surface area contributed by atoms with Crippen molar-refractivity contribution in [3.05, 3.63) is 24.3 Å². The van der Waals surface area contributed by atoms with E-state index in [9.17, 15) is 9.59 Å². The van der Waals surface area contributed by atoms with Gasteiger partial charge in [-0.15, -0.1) is 0 Å². The van der Waals surface area contributed by atoms with E-state index < -0.39 is 6.04 Å². The first-order chi connectivity index (χ1) is 11.6. The zero-order valence-corrected chi connectivity index (χ0v) is 13.5. The summed E-state index contributed by atoms with van der Waals surface area (Å²) in [5.74, 6) is 0.0844. The predicted octanol–water partition coefficient (Wildman–Crippen LogP) is 0.198. The molecule has 8 heteroatoms. The highest BCUT2D eigenvalue weighted by Gasteiger charge is 2.33. The molecule has 2 aliphatic heterocycles. The summed E-state index contributed by atoms with van der Waals surface area (Å²) in [7, 11) is 2.06. The van der Waals surface area contributed by atoms with Crippen molar-refractivity contribution < 1.29 is 9.59 Å². The Balaban J connectivity index is 1.61. The molecule has 2 N–H and O–H groups in total. The number of likely N-dealkylation sites (N-methyl/N-ethyl adjacent to an activating group) is 1. The molecule has 0 aliphatic carbocycles. The summed E-state index contributed by atoms with van der Waals surface area (Å²) in [6, 6.07) is 7.01. The second-order valence-electron chi connectivity index (χ2n) is 6.33. The molecule has 0 radical (unpaired) electrons. The Kier molecular flexibility index (Phi) is 3.70. The molecule has 1 unspecified atom stereocenters. The van der Waals surface area contributed by atoms with E-state index in [-0.39, 0.29) is 18.2 Å². The van der Waals surface area contributed by atoms with Gasteiger partial charge in [0, 0.05) is 26.2 Å². The summed E-state index contributed by atoms with van der Waals surface area (Å²) in [6.45, 7) is 3.37. The molecule has 2 aliphatic rings. The number of amides is 2. The van der Waals surface area contributed by atoms with Crippen molar-refractivity contribution >= 4 is 28.8 Å². The van der Waals surface area contributed by atoms with E-state index in [2.05, 4.69) is 27.7 Å². The number of imidazole rings is 1. The molecule has 0 bridgehead atoms. The van der Waals surface area contributed by atoms with Gasteiger partial charge in [-0.1, -0.05) is 12.1 Å². The molecule has 1 atom stereocenters. The molecule has 24 heavy (non-hydrogen) atoms. The second kappa shape index (κ2) is 5.88. The van der Waals surface area contributed by atoms with E-state index in [1.165, 1.54) is 0 Å². The average Bonchev–Trinajstić information content (AvgIpc) is 2.94. The van der Waals surface area contributed by atoms with Gasteiger partial charge < -0.3 is 4.90 Å². The van der Waals surface area contributed by atoms with Crippen LogP contribution in [0.5, 0.6) is 0 Å². The lowest BCUT2D eigenvalue weighted by atomic mass is 10.1. The summed E-state index contributed by atoms with van der Waals surface area (Å²) in [4.78, 5) is 31.4. The fraction of sp³-hybridized carbons (Fsp3) is 0.438. The van der Waals surface area contributed by atoms with E-state index in [4.69, 9.17) is 0 Å². The van der Waals surface area contributed by atoms with E-state index in [1.54, 1.807) is 0 Å². The van der Waals surface area contributed by atoms with Crippen molar-refractivity contribution in [2.75, 3.05) is 38.5 Å². The Bertz CT molecular complexity index is 793. The highest BCUT2D eigenvalue weighted by atomic mass is 16.2. The van der Waals surface area contributed by atoms with Gasteiger partial charge in [-0.25, -0.2) is 9.99 Å². The first kappa shape index (κ1) is 15.1. The van der Waals surface area contributed by atoms with E-state index >= 15 is 0 Å². The van der Waals surface area contributed by atoms with Crippen LogP contribution in [-0.4, -0.2) is 64.5 Å². The lowest BCUT2D eigenvalue weighted by Crippen LogP contribution is -2.54. The lowest BCUT2D eigenvalue weighted by Gasteiger charge is -2.34. The van der Waals surface area contributed by atoms with Gasteiger partial charge in [0.1, 0.15) is 6.04 Å². The first-order valence-corrected chi connectivity index (χ1v) is 8.12. The number of hydrazine groups is 1. The number of hydrogen-bond donors (Lipinski definition) is 2. The van der Waals surface area contributed by atoms with Gasteiger partial charge in [-0.2, -0.15) is 0 Å². The van der Waals surface area contributed by atoms with Gasteiger partial charge in [0.15, 0.2) is 0 Å². The second-order valence-corrected chi connectivity index (χ2v) is 6.33. The molecule has 3 heterocycles. The van der Waals surface area contributed by atoms with Crippen LogP contribution in [-0.2, 0) is 9.59 Å². The summed E-state index contributed by atoms with van der Waals surface area (Å²) in [6.07, 6.45) is 0.118. The van der Waals surface area contributed by atoms with Crippen LogP contribution in [0.15, 0.2) is 24.3 Å². The summed E-state index contributed by atoms with van der Waals surface area (Å²) < 4.78 is 1.82. The number of para-hydroxylation sites is 2. The minimum absolute atomic E-state index is 0.118. The third-order valence-corrected chi connectivity index (χ3v) is 4.61. The number of fused-ring (bicyclic) bond motifs is 3. The van der Waals surface area contributed by atoms with Crippen LogP contribution < -0.4 is 10.7 Å². The number of carbonyl (C=O) groups is 2. The molecule has 0 saturated carbocycles. The molecule has 2 aromatic rings. The minimum atomic E-state index is -0.583. The third-order valence-electron chi connectivity index (χ3n) is 4.61. The SMILES string of the molecule is CN1CCN(NC(=O)C2CC(=O)Nc3nc4ccccc4n32)CC1. The maximum atomic E-state index is 12.8. The van der Waals surface area contributed by atoms with Crippen molar-refractivity contribution in [2.24, 2.45) is 0 Å². The lowest BCUT2D eigenvalue weighted by molar-refractivity contribution is -0.133. The van der Waals surface area contributed by atoms with E-state index in [0.717, 1.165) is 37.2 Å². The topological polar surface area (TPSA) is 82.5 Å². The molecular formula is C16H20N6O2. The van der Waals surface area contributed by atoms with Crippen molar-refractivity contribution in [2.45, 2.75) is 12.5 Å². The summed E-state index contributed by atoms with van der Waals surface area (Å²) in [5.41, 5.74) is 4.59. The first-order valence-electron chi connectivity index (χ1n) is 8.12. The number of nitrogens with one attached hydrogen (secondary N) is 2. The summed E-state index contributed by atoms with van der Waals surface area (Å²) in [5, 5.41) is 4.68. The van der Waals surface area contributed by atoms with Crippen LogP contribution in [0.2, 0.25) is 0 Å². The molecule has 2 amide bonds. The average molecular weight is 328 g/mol. The van der Waals surface area contributed by atoms with Gasteiger partial charge in [0.2, 0.25) is 11.9 Å². The van der Waals surface area contributed by atoms with Crippen molar-refractivity contribution in [1.82, 2.24) is 24.9 Å². The Morgan fingerprint density at radius 3 is 2.79 bits per heavy atom. The Hall–Kier alpha value is -2.45. The molecule has 126 valence electrons. The van der Waals surface area contributed by atoms with Gasteiger partial charge in [0.25, 0.3) is 5.91 Å². The van der Waals surface area contributed by atoms with Crippen molar-refractivity contribution in [1.29, 1.82) is 0 Å². The predicted molar refractivity (Wildman–Crippen MR) is 89.2 cm³/mol. The number of carbonyl (C=O) groups excluding carboxylic acids is 2. The summed E-state index contributed by atoms with van der Waals surface area (Å²) >= 11 is 0. The van der Waals surface area contributed by atoms with Crippen LogP contribution in [0.3, 0.4) is 0 Å². The van der Waals surface area contributed by atoms with E-state index in [1.807, 2.05) is 33.8 Å². The quantitative estimate of drug-likeness (QED) is 0.823. The van der Waals surface area contributed by atoms with Gasteiger partial charge in [-0.3, -0.25) is 24.9 Å². The molecule has 1 fully saturated rings. The Labute approximate surface area is 139 Å². The number of nitrogens with zero attached hydrogens (tertiary/aromatic N) is 4. The maximum absolute atomic E-state index is 12.8. The molecule has 0 spiro atoms. The number of benzene rings is 1. The van der Waals surface area contributed by atoms with Crippen LogP contribution >= 0.6 is 0 Å². The molecule has 1 aromatic carbocycles. The number of piperazine rings is 1. The zero-order chi connectivity index (χ0) is 16.7. The molecule has 1 saturated heterocycles. The Morgan fingerprint density at radius 2 is 2.00 bits per heavy atom. The molecule has 1 aromatic heterocycles. The minimum Gasteiger partial charge on any atom is -0.304 e. The largest absolute Gasteiger partial charge is 0.304 e. The van der Waals surface area contributed by atoms with Crippen molar-refractivity contribution in [3.63, 3.8) is 0 Å². The standard InChI is InChI=1S/C16H20N6O2/c1-20-6-8-21(9-7-20)19-15(24)13-10-14(23)18-16-17-11-4-2-3-5-12(11)22(13)16/h2-5,13H,6-10H2,1H3,(H,19,24)(H,17,18,23). The molecule has 8 nitrogen and oxygen atoms in total. The van der Waals surface area contributed by atoms with Crippen LogP contribution in [0.4, 0.5) is 5.95 Å². The number of anilines is 1. The van der Waals surface area contributed by atoms with Crippen LogP contribution in [0.25, 0.3) is 11.0 Å². The monoisotopic (exact) mass is 328 g/mol. The number of hydrogen-bond acceptors (Lipinski definition) is 5. The third kappa shape index (κ3) is 2.63. The fourth-order valence-electron chi connectivity index (χ4n) is 3.25. The van der Waals surface area contributed by atoms with Crippen molar-refractivity contribution in [3.8, 4) is 0 Å². The van der Waals surface area contributed by atoms with Gasteiger partial charge in [0.05, 0.1) is 17.5 Å². The molecule has 4 rings (SSSR count). The fourth-order valence-corrected chi connectivity index (χ4v) is 3.25. The van der Waals surface area contributed by atoms with E-state index in [0.29, 0.717) is 5.95 Å². The van der Waals surface area contributed by atoms with Gasteiger partial charge >= 0.3 is 0 Å². The maximum Gasteiger partial charge on any atom is 0.258 e. The van der Waals surface area contributed by atoms with Gasteiger partial charge in [-0.05, 0) is 19.2 Å². The number of rotatable bonds is 2. The zero-order valence-electron chi connectivity index (χ0n) is 13.5. The smallest absolute Gasteiger partial charge is 0.258 e. The Morgan fingerprint density at radius 1 is 1.25 bits per heavy atom. The van der Waals surface area contributed by atoms with Crippen LogP contribution in [0.1, 0.15) is 12.5 Å². The van der Waals surface area contributed by atoms with Crippen LogP contribution in [0, 0.1) is 0 Å². The normalized spacial score (nSPS) is 22.2. The number of aromatic nitrogens is 2. The highest BCUT2D eigenvalue weighted by Crippen LogP contribution is 2.30. The molecular weight excluding hydrogens is 308 g/mol.